The van der Waals surface area contributed by atoms with Crippen LogP contribution >= 0.6 is 0 Å². The van der Waals surface area contributed by atoms with E-state index in [2.05, 4.69) is 10.6 Å². The fourth-order valence-electron chi connectivity index (χ4n) is 3.32. The van der Waals surface area contributed by atoms with Gasteiger partial charge in [0.2, 0.25) is 0 Å². The Morgan fingerprint density at radius 1 is 1.07 bits per heavy atom. The quantitative estimate of drug-likeness (QED) is 0.411. The Kier molecular flexibility index (Phi) is 5.91. The molecule has 0 saturated carbocycles. The van der Waals surface area contributed by atoms with E-state index in [1.54, 1.807) is 26.2 Å². The fraction of sp³-hybridized carbons (Fsp3) is 0.261. The number of benzene rings is 2. The molecule has 0 unspecified atom stereocenters. The lowest BCUT2D eigenvalue weighted by molar-refractivity contribution is 0.0824. The van der Waals surface area contributed by atoms with E-state index >= 15 is 0 Å². The zero-order chi connectivity index (χ0) is 22.0. The number of nitrogens with zero attached hydrogens (tertiary/aromatic N) is 1. The summed E-state index contributed by atoms with van der Waals surface area (Å²) in [6.45, 7) is 3.98. The second kappa shape index (κ2) is 8.41. The van der Waals surface area contributed by atoms with Gasteiger partial charge in [-0.25, -0.2) is 0 Å². The molecule has 7 nitrogen and oxygen atoms in total. The van der Waals surface area contributed by atoms with Gasteiger partial charge in [-0.1, -0.05) is 42.8 Å². The van der Waals surface area contributed by atoms with Crippen molar-refractivity contribution in [1.29, 1.82) is 0 Å². The summed E-state index contributed by atoms with van der Waals surface area (Å²) in [6.07, 6.45) is 0.708. The van der Waals surface area contributed by atoms with Crippen LogP contribution in [0.2, 0.25) is 0 Å². The normalized spacial score (nSPS) is 11.9. The van der Waals surface area contributed by atoms with Gasteiger partial charge < -0.3 is 20.6 Å². The highest BCUT2D eigenvalue weighted by atomic mass is 16.3. The lowest BCUT2D eigenvalue weighted by Crippen LogP contribution is -2.37. The van der Waals surface area contributed by atoms with Gasteiger partial charge in [-0.15, -0.1) is 0 Å². The molecule has 30 heavy (non-hydrogen) atoms. The maximum Gasteiger partial charge on any atom is 0.257 e. The molecule has 0 aliphatic heterocycles. The first kappa shape index (κ1) is 21.1. The van der Waals surface area contributed by atoms with E-state index in [0.29, 0.717) is 6.42 Å². The lowest BCUT2D eigenvalue weighted by atomic mass is 10.0. The first-order valence-corrected chi connectivity index (χ1v) is 9.71. The average molecular weight is 407 g/mol. The first-order chi connectivity index (χ1) is 14.2. The van der Waals surface area contributed by atoms with Crippen molar-refractivity contribution >= 4 is 23.0 Å². The zero-order valence-corrected chi connectivity index (χ0v) is 17.4. The molecule has 0 radical (unpaired) electrons. The average Bonchev–Trinajstić information content (AvgIpc) is 2.73. The predicted molar refractivity (Wildman–Crippen MR) is 119 cm³/mol. The van der Waals surface area contributed by atoms with Gasteiger partial charge in [0, 0.05) is 14.1 Å². The third-order valence-electron chi connectivity index (χ3n) is 5.01. The second-order valence-corrected chi connectivity index (χ2v) is 7.45. The molecule has 156 valence electrons. The van der Waals surface area contributed by atoms with Crippen LogP contribution in [-0.2, 0) is 0 Å². The first-order valence-electron chi connectivity index (χ1n) is 9.71. The molecule has 3 rings (SSSR count). The maximum atomic E-state index is 12.2. The standard InChI is InChI=1S/C23H25N3O4/c1-5-16(14-9-6-8-13(2)12-14)24-18-19(22(29)21(18)28)25-17-11-7-10-15(20(17)27)23(30)26(3)4/h6-12,16,24-25,27H,5H2,1-4H3/t16-/m1/s1. The molecule has 1 atom stereocenters. The number of para-hydroxylation sites is 1. The van der Waals surface area contributed by atoms with Crippen molar-refractivity contribution in [2.24, 2.45) is 0 Å². The Morgan fingerprint density at radius 2 is 1.73 bits per heavy atom. The Morgan fingerprint density at radius 3 is 2.37 bits per heavy atom. The van der Waals surface area contributed by atoms with Crippen molar-refractivity contribution in [1.82, 2.24) is 4.90 Å². The van der Waals surface area contributed by atoms with Crippen LogP contribution in [0.5, 0.6) is 5.75 Å². The van der Waals surface area contributed by atoms with Gasteiger partial charge in [0.05, 0.1) is 17.3 Å². The second-order valence-electron chi connectivity index (χ2n) is 7.45. The van der Waals surface area contributed by atoms with E-state index in [4.69, 9.17) is 0 Å². The number of aromatic hydroxyl groups is 1. The third kappa shape index (κ3) is 3.91. The van der Waals surface area contributed by atoms with Gasteiger partial charge >= 0.3 is 0 Å². The van der Waals surface area contributed by atoms with E-state index in [1.807, 2.05) is 38.1 Å². The Balaban J connectivity index is 1.91. The summed E-state index contributed by atoms with van der Waals surface area (Å²) >= 11 is 0. The molecule has 0 aromatic heterocycles. The summed E-state index contributed by atoms with van der Waals surface area (Å²) in [5.74, 6) is -0.647. The molecule has 0 heterocycles. The molecule has 0 bridgehead atoms. The fourth-order valence-corrected chi connectivity index (χ4v) is 3.32. The molecular weight excluding hydrogens is 382 g/mol. The maximum absolute atomic E-state index is 12.2. The van der Waals surface area contributed by atoms with Crippen LogP contribution in [0.1, 0.15) is 40.9 Å². The summed E-state index contributed by atoms with van der Waals surface area (Å²) in [4.78, 5) is 38.0. The van der Waals surface area contributed by atoms with Crippen LogP contribution < -0.4 is 21.5 Å². The van der Waals surface area contributed by atoms with E-state index in [1.165, 1.54) is 11.0 Å². The molecule has 0 spiro atoms. The number of carbonyl (C=O) groups is 1. The van der Waals surface area contributed by atoms with Crippen molar-refractivity contribution in [2.75, 3.05) is 24.7 Å². The number of hydrogen-bond donors (Lipinski definition) is 3. The van der Waals surface area contributed by atoms with Crippen LogP contribution in [0.3, 0.4) is 0 Å². The Bertz CT molecular complexity index is 1160. The number of aryl methyl sites for hydroxylation is 1. The number of carbonyl (C=O) groups excluding carboxylic acids is 1. The van der Waals surface area contributed by atoms with Gasteiger partial charge in [0.1, 0.15) is 11.4 Å². The van der Waals surface area contributed by atoms with E-state index in [-0.39, 0.29) is 40.3 Å². The van der Waals surface area contributed by atoms with Crippen LogP contribution in [0.25, 0.3) is 0 Å². The summed E-state index contributed by atoms with van der Waals surface area (Å²) in [5, 5.41) is 16.5. The molecule has 1 amide bonds. The molecule has 7 heteroatoms. The number of phenolic OH excluding ortho intramolecular Hbond substituents is 1. The Labute approximate surface area is 174 Å². The van der Waals surface area contributed by atoms with Gasteiger partial charge in [-0.05, 0) is 31.0 Å². The highest BCUT2D eigenvalue weighted by Gasteiger charge is 2.25. The van der Waals surface area contributed by atoms with Crippen molar-refractivity contribution in [3.63, 3.8) is 0 Å². The van der Waals surface area contributed by atoms with Crippen LogP contribution in [0, 0.1) is 6.92 Å². The summed E-state index contributed by atoms with van der Waals surface area (Å²) in [6, 6.07) is 12.4. The summed E-state index contributed by atoms with van der Waals surface area (Å²) in [5.41, 5.74) is 1.38. The molecule has 0 fully saturated rings. The number of hydrogen-bond acceptors (Lipinski definition) is 6. The zero-order valence-electron chi connectivity index (χ0n) is 17.4. The molecule has 0 saturated heterocycles. The highest BCUT2D eigenvalue weighted by molar-refractivity contribution is 5.99. The number of anilines is 3. The monoisotopic (exact) mass is 407 g/mol. The minimum atomic E-state index is -0.666. The number of amides is 1. The number of rotatable bonds is 7. The largest absolute Gasteiger partial charge is 0.505 e. The molecule has 3 aromatic carbocycles. The summed E-state index contributed by atoms with van der Waals surface area (Å²) < 4.78 is 0. The van der Waals surface area contributed by atoms with E-state index in [0.717, 1.165) is 11.1 Å². The van der Waals surface area contributed by atoms with Crippen LogP contribution in [0.4, 0.5) is 17.1 Å². The minimum absolute atomic E-state index is 0.0795. The van der Waals surface area contributed by atoms with Crippen LogP contribution in [0.15, 0.2) is 52.1 Å². The van der Waals surface area contributed by atoms with Crippen molar-refractivity contribution in [2.45, 2.75) is 26.3 Å². The SMILES string of the molecule is CC[C@@H](Nc1c(Nc2cccc(C(=O)N(C)C)c2O)c(=O)c1=O)c1cccc(C)c1. The van der Waals surface area contributed by atoms with Gasteiger partial charge in [-0.2, -0.15) is 0 Å². The number of nitrogens with one attached hydrogen (secondary N) is 2. The molecule has 3 N–H and O–H groups in total. The topological polar surface area (TPSA) is 98.7 Å². The van der Waals surface area contributed by atoms with E-state index < -0.39 is 10.9 Å². The molecular formula is C23H25N3O4. The lowest BCUT2D eigenvalue weighted by Gasteiger charge is -2.23. The van der Waals surface area contributed by atoms with Crippen LogP contribution in [-0.4, -0.2) is 30.0 Å². The smallest absolute Gasteiger partial charge is 0.257 e. The molecule has 3 aromatic rings. The van der Waals surface area contributed by atoms with E-state index in [9.17, 15) is 19.5 Å². The third-order valence-corrected chi connectivity index (χ3v) is 5.01. The summed E-state index contributed by atoms with van der Waals surface area (Å²) in [7, 11) is 3.16. The Hall–Kier alpha value is -3.61. The predicted octanol–water partition coefficient (Wildman–Crippen LogP) is 3.31. The van der Waals surface area contributed by atoms with Crippen molar-refractivity contribution in [3.8, 4) is 5.75 Å². The van der Waals surface area contributed by atoms with Gasteiger partial charge in [-0.3, -0.25) is 14.4 Å². The highest BCUT2D eigenvalue weighted by Crippen LogP contribution is 2.33. The van der Waals surface area contributed by atoms with Crippen molar-refractivity contribution < 1.29 is 9.90 Å². The minimum Gasteiger partial charge on any atom is -0.505 e. The van der Waals surface area contributed by atoms with Gasteiger partial charge in [0.25, 0.3) is 16.8 Å². The molecule has 0 aliphatic carbocycles. The van der Waals surface area contributed by atoms with Gasteiger partial charge in [0.15, 0.2) is 5.75 Å². The molecule has 0 aliphatic rings. The van der Waals surface area contributed by atoms with Crippen molar-refractivity contribution in [3.05, 3.63) is 79.6 Å². The number of phenols is 1.